The lowest BCUT2D eigenvalue weighted by Crippen LogP contribution is -2.15. The normalized spacial score (nSPS) is 12.9. The summed E-state index contributed by atoms with van der Waals surface area (Å²) in [5, 5.41) is 2.88. The molecule has 0 fully saturated rings. The van der Waals surface area contributed by atoms with Gasteiger partial charge in [-0.1, -0.05) is 6.07 Å². The van der Waals surface area contributed by atoms with E-state index < -0.39 is 0 Å². The number of methoxy groups -OCH3 is 2. The summed E-state index contributed by atoms with van der Waals surface area (Å²) in [4.78, 5) is 12.4. The molecule has 1 amide bonds. The summed E-state index contributed by atoms with van der Waals surface area (Å²) < 4.78 is 21.7. The van der Waals surface area contributed by atoms with E-state index in [-0.39, 0.29) is 12.3 Å². The Balaban J connectivity index is 1.70. The quantitative estimate of drug-likeness (QED) is 0.904. The molecule has 6 nitrogen and oxygen atoms in total. The fourth-order valence-corrected chi connectivity index (χ4v) is 2.62. The van der Waals surface area contributed by atoms with Gasteiger partial charge in [0, 0.05) is 29.8 Å². The molecule has 1 aliphatic rings. The van der Waals surface area contributed by atoms with E-state index in [0.717, 1.165) is 12.0 Å². The van der Waals surface area contributed by atoms with Gasteiger partial charge >= 0.3 is 0 Å². The summed E-state index contributed by atoms with van der Waals surface area (Å²) in [5.74, 6) is 2.51. The zero-order valence-electron chi connectivity index (χ0n) is 14.3. The number of nitrogens with one attached hydrogen (secondary N) is 1. The average Bonchev–Trinajstić information content (AvgIpc) is 2.87. The van der Waals surface area contributed by atoms with E-state index >= 15 is 0 Å². The number of hydrogen-bond acceptors (Lipinski definition) is 5. The van der Waals surface area contributed by atoms with Crippen molar-refractivity contribution in [1.82, 2.24) is 0 Å². The second-order valence-corrected chi connectivity index (χ2v) is 5.61. The Bertz CT molecular complexity index is 759. The van der Waals surface area contributed by atoms with Crippen molar-refractivity contribution in [2.75, 3.05) is 32.8 Å². The van der Waals surface area contributed by atoms with Crippen molar-refractivity contribution in [3.8, 4) is 23.0 Å². The van der Waals surface area contributed by atoms with Gasteiger partial charge in [0.2, 0.25) is 5.91 Å². The fourth-order valence-electron chi connectivity index (χ4n) is 2.62. The first-order valence-electron chi connectivity index (χ1n) is 8.10. The van der Waals surface area contributed by atoms with Crippen LogP contribution in [0.4, 0.5) is 5.69 Å². The number of carbonyl (C=O) groups excluding carboxylic acids is 1. The van der Waals surface area contributed by atoms with E-state index in [9.17, 15) is 4.79 Å². The molecule has 0 spiro atoms. The van der Waals surface area contributed by atoms with Gasteiger partial charge in [-0.3, -0.25) is 4.79 Å². The molecule has 1 N–H and O–H groups in total. The summed E-state index contributed by atoms with van der Waals surface area (Å²) >= 11 is 0. The van der Waals surface area contributed by atoms with Gasteiger partial charge in [0.05, 0.1) is 33.9 Å². The first-order chi connectivity index (χ1) is 12.2. The van der Waals surface area contributed by atoms with Gasteiger partial charge in [-0.25, -0.2) is 0 Å². The molecule has 0 bridgehead atoms. The molecule has 132 valence electrons. The summed E-state index contributed by atoms with van der Waals surface area (Å²) in [6.07, 6.45) is 1.04. The van der Waals surface area contributed by atoms with E-state index in [1.54, 1.807) is 38.5 Å². The van der Waals surface area contributed by atoms with E-state index in [2.05, 4.69) is 5.32 Å². The van der Waals surface area contributed by atoms with Crippen LogP contribution in [0.3, 0.4) is 0 Å². The zero-order valence-corrected chi connectivity index (χ0v) is 14.3. The van der Waals surface area contributed by atoms with Crippen LogP contribution in [0.1, 0.15) is 12.0 Å². The Morgan fingerprint density at radius 1 is 1.04 bits per heavy atom. The number of hydrogen-bond donors (Lipinski definition) is 1. The molecule has 0 aromatic heterocycles. The van der Waals surface area contributed by atoms with Crippen molar-refractivity contribution in [3.63, 3.8) is 0 Å². The van der Waals surface area contributed by atoms with Crippen molar-refractivity contribution >= 4 is 11.6 Å². The highest BCUT2D eigenvalue weighted by molar-refractivity contribution is 5.93. The Kier molecular flexibility index (Phi) is 5.28. The predicted octanol–water partition coefficient (Wildman–Crippen LogP) is 3.05. The summed E-state index contributed by atoms with van der Waals surface area (Å²) in [6, 6.07) is 10.8. The predicted molar refractivity (Wildman–Crippen MR) is 93.9 cm³/mol. The van der Waals surface area contributed by atoms with Gasteiger partial charge in [0.25, 0.3) is 0 Å². The van der Waals surface area contributed by atoms with Gasteiger partial charge in [-0.15, -0.1) is 0 Å². The monoisotopic (exact) mass is 343 g/mol. The summed E-state index contributed by atoms with van der Waals surface area (Å²) in [5.41, 5.74) is 1.46. The Morgan fingerprint density at radius 3 is 2.60 bits per heavy atom. The van der Waals surface area contributed by atoms with Crippen LogP contribution < -0.4 is 24.3 Å². The molecule has 1 aliphatic heterocycles. The molecule has 0 atom stereocenters. The van der Waals surface area contributed by atoms with Gasteiger partial charge in [-0.05, 0) is 18.2 Å². The average molecular weight is 343 g/mol. The highest BCUT2D eigenvalue weighted by Gasteiger charge is 2.14. The van der Waals surface area contributed by atoms with Crippen LogP contribution in [0.25, 0.3) is 0 Å². The first-order valence-corrected chi connectivity index (χ1v) is 8.10. The van der Waals surface area contributed by atoms with Crippen LogP contribution in [0.5, 0.6) is 23.0 Å². The minimum absolute atomic E-state index is 0.141. The van der Waals surface area contributed by atoms with Crippen LogP contribution >= 0.6 is 0 Å². The number of benzene rings is 2. The Hall–Kier alpha value is -2.89. The van der Waals surface area contributed by atoms with Gasteiger partial charge in [-0.2, -0.15) is 0 Å². The summed E-state index contributed by atoms with van der Waals surface area (Å²) in [6.45, 7) is 1.24. The minimum atomic E-state index is -0.141. The smallest absolute Gasteiger partial charge is 0.228 e. The second kappa shape index (κ2) is 7.79. The van der Waals surface area contributed by atoms with E-state index in [4.69, 9.17) is 18.9 Å². The van der Waals surface area contributed by atoms with Crippen LogP contribution in [-0.2, 0) is 11.2 Å². The third-order valence-electron chi connectivity index (χ3n) is 3.88. The molecule has 0 saturated heterocycles. The molecule has 25 heavy (non-hydrogen) atoms. The molecule has 6 heteroatoms. The molecule has 0 saturated carbocycles. The lowest BCUT2D eigenvalue weighted by atomic mass is 10.1. The van der Waals surface area contributed by atoms with Gasteiger partial charge in [0.15, 0.2) is 11.5 Å². The maximum absolute atomic E-state index is 12.4. The third-order valence-corrected chi connectivity index (χ3v) is 3.88. The number of ether oxygens (including phenoxy) is 4. The molecule has 3 rings (SSSR count). The van der Waals surface area contributed by atoms with Crippen molar-refractivity contribution in [2.24, 2.45) is 0 Å². The topological polar surface area (TPSA) is 66.0 Å². The van der Waals surface area contributed by atoms with Crippen LogP contribution in [0, 0.1) is 0 Å². The molecule has 0 radical (unpaired) electrons. The van der Waals surface area contributed by atoms with E-state index in [0.29, 0.717) is 41.9 Å². The standard InChI is InChI=1S/C19H21NO5/c1-22-15-6-4-13(17(12-15)23-2)10-19(21)20-14-5-7-16-18(11-14)25-9-3-8-24-16/h4-7,11-12H,3,8-10H2,1-2H3,(H,20,21). The van der Waals surface area contributed by atoms with Crippen molar-refractivity contribution in [2.45, 2.75) is 12.8 Å². The number of carbonyl (C=O) groups is 1. The first kappa shape index (κ1) is 17.0. The summed E-state index contributed by atoms with van der Waals surface area (Å²) in [7, 11) is 3.16. The largest absolute Gasteiger partial charge is 0.497 e. The molecule has 0 unspecified atom stereocenters. The Morgan fingerprint density at radius 2 is 1.84 bits per heavy atom. The maximum atomic E-state index is 12.4. The zero-order chi connectivity index (χ0) is 17.6. The van der Waals surface area contributed by atoms with E-state index in [1.165, 1.54) is 0 Å². The lowest BCUT2D eigenvalue weighted by Gasteiger charge is -2.12. The lowest BCUT2D eigenvalue weighted by molar-refractivity contribution is -0.115. The minimum Gasteiger partial charge on any atom is -0.497 e. The number of anilines is 1. The van der Waals surface area contributed by atoms with Crippen LogP contribution in [-0.4, -0.2) is 33.3 Å². The van der Waals surface area contributed by atoms with Gasteiger partial charge < -0.3 is 24.3 Å². The molecule has 1 heterocycles. The Labute approximate surface area is 146 Å². The second-order valence-electron chi connectivity index (χ2n) is 5.61. The highest BCUT2D eigenvalue weighted by atomic mass is 16.5. The highest BCUT2D eigenvalue weighted by Crippen LogP contribution is 2.32. The molecular formula is C19H21NO5. The third kappa shape index (κ3) is 4.15. The van der Waals surface area contributed by atoms with Crippen molar-refractivity contribution in [1.29, 1.82) is 0 Å². The van der Waals surface area contributed by atoms with Crippen LogP contribution in [0.15, 0.2) is 36.4 Å². The van der Waals surface area contributed by atoms with Gasteiger partial charge in [0.1, 0.15) is 11.5 Å². The number of rotatable bonds is 5. The SMILES string of the molecule is COc1ccc(CC(=O)Nc2ccc3c(c2)OCCCO3)c(OC)c1. The molecular weight excluding hydrogens is 322 g/mol. The molecule has 2 aromatic carbocycles. The number of fused-ring (bicyclic) bond motifs is 1. The molecule has 2 aromatic rings. The number of amides is 1. The van der Waals surface area contributed by atoms with Crippen molar-refractivity contribution in [3.05, 3.63) is 42.0 Å². The van der Waals surface area contributed by atoms with E-state index in [1.807, 2.05) is 12.1 Å². The molecule has 0 aliphatic carbocycles. The maximum Gasteiger partial charge on any atom is 0.228 e. The fraction of sp³-hybridized carbons (Fsp3) is 0.316. The van der Waals surface area contributed by atoms with Crippen molar-refractivity contribution < 1.29 is 23.7 Å². The van der Waals surface area contributed by atoms with Crippen LogP contribution in [0.2, 0.25) is 0 Å².